The Kier molecular flexibility index (Phi) is 7.88. The maximum absolute atomic E-state index is 13.7. The first-order valence-corrected chi connectivity index (χ1v) is 14.4. The molecule has 5 nitrogen and oxygen atoms in total. The average molecular weight is 542 g/mol. The van der Waals surface area contributed by atoms with Crippen LogP contribution < -0.4 is 4.74 Å². The lowest BCUT2D eigenvalue weighted by atomic mass is 9.57. The molecule has 10 heteroatoms. The molecule has 1 atom stereocenters. The molecule has 37 heavy (non-hydrogen) atoms. The number of sulfone groups is 1. The molecular formula is C27H31F4NO4S. The number of ether oxygens (including phenoxy) is 1. The van der Waals surface area contributed by atoms with Gasteiger partial charge in [0, 0.05) is 17.7 Å². The average Bonchev–Trinajstić information content (AvgIpc) is 2.81. The van der Waals surface area contributed by atoms with Gasteiger partial charge in [-0.15, -0.1) is 0 Å². The van der Waals surface area contributed by atoms with Crippen molar-refractivity contribution in [2.75, 3.05) is 24.7 Å². The molecule has 0 radical (unpaired) electrons. The Labute approximate surface area is 214 Å². The third-order valence-electron chi connectivity index (χ3n) is 7.42. The second-order valence-electron chi connectivity index (χ2n) is 9.88. The van der Waals surface area contributed by atoms with Crippen molar-refractivity contribution in [1.29, 1.82) is 0 Å². The van der Waals surface area contributed by atoms with Crippen LogP contribution in [0.25, 0.3) is 0 Å². The van der Waals surface area contributed by atoms with Crippen molar-refractivity contribution in [1.82, 2.24) is 4.90 Å². The third kappa shape index (κ3) is 5.78. The Morgan fingerprint density at radius 1 is 1.11 bits per heavy atom. The minimum atomic E-state index is -5.03. The van der Waals surface area contributed by atoms with Gasteiger partial charge in [0.15, 0.2) is 0 Å². The molecule has 1 heterocycles. The van der Waals surface area contributed by atoms with Crippen LogP contribution in [0.15, 0.2) is 42.5 Å². The minimum absolute atomic E-state index is 0.00402. The Morgan fingerprint density at radius 2 is 1.81 bits per heavy atom. The summed E-state index contributed by atoms with van der Waals surface area (Å²) >= 11 is 0. The lowest BCUT2D eigenvalue weighted by Gasteiger charge is -2.54. The number of benzene rings is 2. The van der Waals surface area contributed by atoms with Crippen molar-refractivity contribution >= 4 is 15.7 Å². The molecule has 1 saturated carbocycles. The van der Waals surface area contributed by atoms with E-state index >= 15 is 0 Å². The van der Waals surface area contributed by atoms with Crippen LogP contribution in [0.1, 0.15) is 61.8 Å². The predicted octanol–water partition coefficient (Wildman–Crippen LogP) is 5.53. The number of fused-ring (bicyclic) bond motifs is 1. The maximum Gasteiger partial charge on any atom is 0.471 e. The molecule has 1 amide bonds. The van der Waals surface area contributed by atoms with Crippen molar-refractivity contribution in [3.8, 4) is 5.75 Å². The fourth-order valence-electron chi connectivity index (χ4n) is 5.60. The van der Waals surface area contributed by atoms with Crippen LogP contribution in [-0.4, -0.2) is 50.1 Å². The summed E-state index contributed by atoms with van der Waals surface area (Å²) in [7, 11) is -3.15. The molecule has 1 aliphatic carbocycles. The van der Waals surface area contributed by atoms with Gasteiger partial charge < -0.3 is 9.64 Å². The summed E-state index contributed by atoms with van der Waals surface area (Å²) in [6, 6.07) is 10.1. The van der Waals surface area contributed by atoms with Gasteiger partial charge in [-0.1, -0.05) is 31.5 Å². The summed E-state index contributed by atoms with van der Waals surface area (Å²) in [5, 5.41) is 0. The highest BCUT2D eigenvalue weighted by atomic mass is 32.2. The first kappa shape index (κ1) is 27.4. The van der Waals surface area contributed by atoms with Crippen molar-refractivity contribution in [3.63, 3.8) is 0 Å². The van der Waals surface area contributed by atoms with Gasteiger partial charge in [0.05, 0.1) is 18.4 Å². The van der Waals surface area contributed by atoms with Crippen LogP contribution in [0.2, 0.25) is 0 Å². The van der Waals surface area contributed by atoms with Crippen LogP contribution in [0, 0.1) is 5.82 Å². The normalized spacial score (nSPS) is 19.2. The van der Waals surface area contributed by atoms with Crippen molar-refractivity contribution in [2.24, 2.45) is 0 Å². The molecule has 4 rings (SSSR count). The number of alkyl halides is 3. The van der Waals surface area contributed by atoms with Crippen LogP contribution in [0.4, 0.5) is 17.6 Å². The highest BCUT2D eigenvalue weighted by Crippen LogP contribution is 2.56. The second kappa shape index (κ2) is 10.6. The predicted molar refractivity (Wildman–Crippen MR) is 132 cm³/mol. The van der Waals surface area contributed by atoms with Crippen LogP contribution in [0.5, 0.6) is 5.75 Å². The van der Waals surface area contributed by atoms with E-state index in [2.05, 4.69) is 0 Å². The van der Waals surface area contributed by atoms with Gasteiger partial charge in [-0.3, -0.25) is 4.79 Å². The fourth-order valence-corrected chi connectivity index (χ4v) is 6.99. The smallest absolute Gasteiger partial charge is 0.471 e. The van der Waals surface area contributed by atoms with Crippen LogP contribution >= 0.6 is 0 Å². The highest BCUT2D eigenvalue weighted by Gasteiger charge is 2.55. The highest BCUT2D eigenvalue weighted by molar-refractivity contribution is 7.91. The van der Waals surface area contributed by atoms with E-state index < -0.39 is 39.2 Å². The summed E-state index contributed by atoms with van der Waals surface area (Å²) in [6.45, 7) is 1.86. The molecule has 1 aliphatic heterocycles. The van der Waals surface area contributed by atoms with E-state index in [0.717, 1.165) is 16.9 Å². The lowest BCUT2D eigenvalue weighted by molar-refractivity contribution is -0.191. The van der Waals surface area contributed by atoms with Crippen molar-refractivity contribution < 1.29 is 35.5 Å². The van der Waals surface area contributed by atoms with Gasteiger partial charge in [0.1, 0.15) is 21.4 Å². The van der Waals surface area contributed by atoms with Gasteiger partial charge >= 0.3 is 12.1 Å². The molecule has 0 saturated heterocycles. The number of carbonyl (C=O) groups is 1. The Bertz CT molecular complexity index is 1220. The lowest BCUT2D eigenvalue weighted by Crippen LogP contribution is -2.55. The van der Waals surface area contributed by atoms with E-state index in [0.29, 0.717) is 42.6 Å². The largest absolute Gasteiger partial charge is 0.494 e. The molecular weight excluding hydrogens is 510 g/mol. The molecule has 0 bridgehead atoms. The molecule has 0 spiro atoms. The standard InChI is InChI=1S/C27H31F4NO4S/c1-2-16-37(34,35)17-4-15-36-22-10-5-19-11-14-32(25(33)27(29,30)31)24(23(19)18-22)26(12-3-13-26)20-6-8-21(28)9-7-20/h5-10,18,24H,2-4,11-17H2,1H3. The number of hydrogen-bond acceptors (Lipinski definition) is 4. The molecule has 2 aliphatic rings. The monoisotopic (exact) mass is 541 g/mol. The van der Waals surface area contributed by atoms with Gasteiger partial charge in [0.2, 0.25) is 0 Å². The summed E-state index contributed by atoms with van der Waals surface area (Å²) in [6.07, 6.45) is -2.03. The van der Waals surface area contributed by atoms with Crippen LogP contribution in [-0.2, 0) is 26.5 Å². The first-order valence-electron chi connectivity index (χ1n) is 12.6. The van der Waals surface area contributed by atoms with Crippen molar-refractivity contribution in [3.05, 3.63) is 65.0 Å². The van der Waals surface area contributed by atoms with E-state index in [1.165, 1.54) is 12.1 Å². The van der Waals surface area contributed by atoms with Crippen LogP contribution in [0.3, 0.4) is 0 Å². The number of hydrogen-bond donors (Lipinski definition) is 0. The first-order chi connectivity index (χ1) is 17.5. The summed E-state index contributed by atoms with van der Waals surface area (Å²) in [5.74, 6) is -1.81. The zero-order valence-electron chi connectivity index (χ0n) is 20.7. The van der Waals surface area contributed by atoms with E-state index in [4.69, 9.17) is 4.74 Å². The minimum Gasteiger partial charge on any atom is -0.494 e. The Hall–Kier alpha value is -2.62. The topological polar surface area (TPSA) is 63.7 Å². The second-order valence-corrected chi connectivity index (χ2v) is 12.2. The van der Waals surface area contributed by atoms with Gasteiger partial charge in [-0.25, -0.2) is 12.8 Å². The molecule has 1 unspecified atom stereocenters. The zero-order chi connectivity index (χ0) is 26.8. The van der Waals surface area contributed by atoms with E-state index in [9.17, 15) is 30.8 Å². The number of amides is 1. The number of halogens is 4. The summed E-state index contributed by atoms with van der Waals surface area (Å²) < 4.78 is 84.4. The Morgan fingerprint density at radius 3 is 2.41 bits per heavy atom. The van der Waals surface area contributed by atoms with Gasteiger partial charge in [-0.2, -0.15) is 13.2 Å². The molecule has 2 aromatic carbocycles. The summed E-state index contributed by atoms with van der Waals surface area (Å²) in [5.41, 5.74) is 1.34. The number of nitrogens with zero attached hydrogens (tertiary/aromatic N) is 1. The zero-order valence-corrected chi connectivity index (χ0v) is 21.5. The third-order valence-corrected chi connectivity index (χ3v) is 9.36. The quantitative estimate of drug-likeness (QED) is 0.309. The fraction of sp³-hybridized carbons (Fsp3) is 0.519. The van der Waals surface area contributed by atoms with E-state index in [1.54, 1.807) is 37.3 Å². The SMILES string of the molecule is CCCS(=O)(=O)CCCOc1ccc2c(c1)C(C1(c3ccc(F)cc3)CCC1)N(C(=O)C(F)(F)F)CC2. The molecule has 0 aromatic heterocycles. The van der Waals surface area contributed by atoms with Gasteiger partial charge in [-0.05, 0) is 73.1 Å². The van der Waals surface area contributed by atoms with E-state index in [-0.39, 0.29) is 31.1 Å². The maximum atomic E-state index is 13.7. The van der Waals surface area contributed by atoms with Gasteiger partial charge in [0.25, 0.3) is 0 Å². The molecule has 0 N–H and O–H groups in total. The molecule has 1 fully saturated rings. The number of carbonyl (C=O) groups excluding carboxylic acids is 1. The van der Waals surface area contributed by atoms with E-state index in [1.807, 2.05) is 0 Å². The summed E-state index contributed by atoms with van der Waals surface area (Å²) in [4.78, 5) is 13.5. The Balaban J connectivity index is 1.67. The number of rotatable bonds is 9. The molecule has 2 aromatic rings. The molecule has 202 valence electrons. The van der Waals surface area contributed by atoms with Crippen molar-refractivity contribution in [2.45, 2.75) is 63.1 Å².